The van der Waals surface area contributed by atoms with Crippen LogP contribution in [0.15, 0.2) is 12.1 Å². The zero-order valence-electron chi connectivity index (χ0n) is 12.9. The smallest absolute Gasteiger partial charge is 0.411 e. The van der Waals surface area contributed by atoms with Crippen molar-refractivity contribution in [1.82, 2.24) is 5.32 Å². The summed E-state index contributed by atoms with van der Waals surface area (Å²) in [5, 5.41) is 2.78. The summed E-state index contributed by atoms with van der Waals surface area (Å²) in [6.45, 7) is 0.827. The van der Waals surface area contributed by atoms with E-state index in [-0.39, 0.29) is 17.2 Å². The second-order valence-electron chi connectivity index (χ2n) is 5.34. The minimum absolute atomic E-state index is 0.229. The Morgan fingerprint density at radius 2 is 2.08 bits per heavy atom. The molecule has 0 fully saturated rings. The van der Waals surface area contributed by atoms with Crippen molar-refractivity contribution in [1.29, 1.82) is 0 Å². The van der Waals surface area contributed by atoms with Gasteiger partial charge in [-0.15, -0.1) is 0 Å². The van der Waals surface area contributed by atoms with Gasteiger partial charge in [-0.1, -0.05) is 11.6 Å². The van der Waals surface area contributed by atoms with Gasteiger partial charge in [-0.3, -0.25) is 4.79 Å². The van der Waals surface area contributed by atoms with Crippen molar-refractivity contribution in [3.05, 3.63) is 22.7 Å². The number of halogens is 4. The van der Waals surface area contributed by atoms with Crippen LogP contribution in [0, 0.1) is 0 Å². The van der Waals surface area contributed by atoms with Crippen molar-refractivity contribution < 1.29 is 32.2 Å². The molecule has 0 bridgehead atoms. The molecule has 0 spiro atoms. The summed E-state index contributed by atoms with van der Waals surface area (Å²) in [5.74, 6) is 0.258. The highest BCUT2D eigenvalue weighted by Gasteiger charge is 2.27. The number of fused-ring (bicyclic) bond motifs is 1. The molecule has 2 rings (SSSR count). The average Bonchev–Trinajstić information content (AvgIpc) is 2.71. The number of amides is 1. The Balaban J connectivity index is 1.97. The van der Waals surface area contributed by atoms with E-state index in [1.807, 2.05) is 0 Å². The molecule has 1 aromatic rings. The minimum Gasteiger partial charge on any atom is -0.489 e. The van der Waals surface area contributed by atoms with Gasteiger partial charge in [-0.25, -0.2) is 0 Å². The topological polar surface area (TPSA) is 56.8 Å². The van der Waals surface area contributed by atoms with E-state index in [4.69, 9.17) is 21.1 Å². The van der Waals surface area contributed by atoms with E-state index in [9.17, 15) is 18.0 Å². The third-order valence-electron chi connectivity index (χ3n) is 3.08. The molecule has 0 aromatic heterocycles. The molecule has 0 aliphatic carbocycles. The summed E-state index contributed by atoms with van der Waals surface area (Å²) < 4.78 is 51.5. The van der Waals surface area contributed by atoms with Crippen molar-refractivity contribution in [2.45, 2.75) is 25.6 Å². The molecule has 1 aromatic carbocycles. The number of ether oxygens (including phenoxy) is 3. The monoisotopic (exact) mass is 367 g/mol. The Bertz CT molecular complexity index is 595. The second-order valence-corrected chi connectivity index (χ2v) is 5.75. The largest absolute Gasteiger partial charge is 0.489 e. The van der Waals surface area contributed by atoms with Crippen LogP contribution in [-0.4, -0.2) is 44.6 Å². The standard InChI is InChI=1S/C15H17ClF3NO4/c1-9(7-22-8-15(17,18)19)20-14(21)10-5-11(16)13-12(6-10)23-3-2-4-24-13/h5-6,9H,2-4,7-8H2,1H3,(H,20,21). The van der Waals surface area contributed by atoms with Crippen LogP contribution < -0.4 is 14.8 Å². The lowest BCUT2D eigenvalue weighted by atomic mass is 10.1. The highest BCUT2D eigenvalue weighted by atomic mass is 35.5. The van der Waals surface area contributed by atoms with Crippen molar-refractivity contribution in [2.24, 2.45) is 0 Å². The normalized spacial score (nSPS) is 15.5. The molecule has 9 heteroatoms. The summed E-state index contributed by atoms with van der Waals surface area (Å²) in [5.41, 5.74) is 0.229. The highest BCUT2D eigenvalue weighted by molar-refractivity contribution is 6.32. The summed E-state index contributed by atoms with van der Waals surface area (Å²) in [7, 11) is 0. The number of benzene rings is 1. The van der Waals surface area contributed by atoms with Crippen molar-refractivity contribution >= 4 is 17.5 Å². The molecule has 1 amide bonds. The van der Waals surface area contributed by atoms with Crippen molar-refractivity contribution in [2.75, 3.05) is 26.4 Å². The number of carbonyl (C=O) groups is 1. The van der Waals surface area contributed by atoms with Crippen LogP contribution in [0.3, 0.4) is 0 Å². The van der Waals surface area contributed by atoms with E-state index in [1.54, 1.807) is 6.92 Å². The highest BCUT2D eigenvalue weighted by Crippen LogP contribution is 2.37. The van der Waals surface area contributed by atoms with E-state index in [1.165, 1.54) is 12.1 Å². The molecular weight excluding hydrogens is 351 g/mol. The van der Waals surface area contributed by atoms with Gasteiger partial charge in [0.25, 0.3) is 5.91 Å². The van der Waals surface area contributed by atoms with Crippen LogP contribution in [-0.2, 0) is 4.74 Å². The number of rotatable bonds is 5. The Morgan fingerprint density at radius 3 is 2.79 bits per heavy atom. The molecule has 0 saturated heterocycles. The van der Waals surface area contributed by atoms with Crippen molar-refractivity contribution in [3.63, 3.8) is 0 Å². The van der Waals surface area contributed by atoms with Gasteiger partial charge in [0.05, 0.1) is 24.8 Å². The Hall–Kier alpha value is -1.67. The number of carbonyl (C=O) groups excluding carboxylic acids is 1. The zero-order chi connectivity index (χ0) is 17.7. The summed E-state index contributed by atoms with van der Waals surface area (Å²) in [4.78, 5) is 12.2. The third-order valence-corrected chi connectivity index (χ3v) is 3.36. The minimum atomic E-state index is -4.40. The van der Waals surface area contributed by atoms with Crippen LogP contribution in [0.2, 0.25) is 5.02 Å². The molecule has 1 atom stereocenters. The van der Waals surface area contributed by atoms with Crippen LogP contribution in [0.5, 0.6) is 11.5 Å². The summed E-state index contributed by atoms with van der Waals surface area (Å²) in [6.07, 6.45) is -3.70. The molecule has 0 saturated carbocycles. The van der Waals surface area contributed by atoms with Gasteiger partial charge in [-0.05, 0) is 19.1 Å². The molecule has 1 aliphatic heterocycles. The molecule has 5 nitrogen and oxygen atoms in total. The van der Waals surface area contributed by atoms with Crippen molar-refractivity contribution in [3.8, 4) is 11.5 Å². The SMILES string of the molecule is CC(COCC(F)(F)F)NC(=O)c1cc(Cl)c2c(c1)OCCCO2. The Labute approximate surface area is 142 Å². The quantitative estimate of drug-likeness (QED) is 0.868. The van der Waals surface area contributed by atoms with Crippen LogP contribution in [0.25, 0.3) is 0 Å². The zero-order valence-corrected chi connectivity index (χ0v) is 13.7. The van der Waals surface area contributed by atoms with E-state index in [2.05, 4.69) is 10.1 Å². The van der Waals surface area contributed by atoms with Crippen LogP contribution in [0.4, 0.5) is 13.2 Å². The molecule has 24 heavy (non-hydrogen) atoms. The van der Waals surface area contributed by atoms with Gasteiger partial charge in [0, 0.05) is 18.0 Å². The van der Waals surface area contributed by atoms with Crippen LogP contribution in [0.1, 0.15) is 23.7 Å². The van der Waals surface area contributed by atoms with Gasteiger partial charge in [0.1, 0.15) is 6.61 Å². The Kier molecular flexibility index (Phi) is 6.17. The van der Waals surface area contributed by atoms with E-state index in [0.717, 1.165) is 0 Å². The first-order valence-electron chi connectivity index (χ1n) is 7.31. The lowest BCUT2D eigenvalue weighted by Gasteiger charge is -2.16. The molecule has 0 radical (unpaired) electrons. The fourth-order valence-electron chi connectivity index (χ4n) is 2.06. The predicted octanol–water partition coefficient (Wildman–Crippen LogP) is 3.20. The molecular formula is C15H17ClF3NO4. The fraction of sp³-hybridized carbons (Fsp3) is 0.533. The number of alkyl halides is 3. The van der Waals surface area contributed by atoms with Gasteiger partial charge in [-0.2, -0.15) is 13.2 Å². The first kappa shape index (κ1) is 18.7. The Morgan fingerprint density at radius 1 is 1.38 bits per heavy atom. The molecule has 1 heterocycles. The first-order chi connectivity index (χ1) is 11.3. The fourth-order valence-corrected chi connectivity index (χ4v) is 2.33. The third kappa shape index (κ3) is 5.45. The first-order valence-corrected chi connectivity index (χ1v) is 7.68. The maximum atomic E-state index is 12.2. The number of hydrogen-bond acceptors (Lipinski definition) is 4. The lowest BCUT2D eigenvalue weighted by molar-refractivity contribution is -0.174. The predicted molar refractivity (Wildman–Crippen MR) is 80.9 cm³/mol. The van der Waals surface area contributed by atoms with Gasteiger partial charge < -0.3 is 19.5 Å². The maximum Gasteiger partial charge on any atom is 0.411 e. The molecule has 1 aliphatic rings. The maximum absolute atomic E-state index is 12.2. The van der Waals surface area contributed by atoms with Crippen LogP contribution >= 0.6 is 11.6 Å². The van der Waals surface area contributed by atoms with E-state index < -0.39 is 24.7 Å². The molecule has 1 N–H and O–H groups in total. The summed E-state index contributed by atoms with van der Waals surface area (Å²) >= 11 is 6.10. The van der Waals surface area contributed by atoms with Gasteiger partial charge in [0.15, 0.2) is 11.5 Å². The van der Waals surface area contributed by atoms with Gasteiger partial charge in [0.2, 0.25) is 0 Å². The lowest BCUT2D eigenvalue weighted by Crippen LogP contribution is -2.36. The van der Waals surface area contributed by atoms with E-state index >= 15 is 0 Å². The molecule has 1 unspecified atom stereocenters. The van der Waals surface area contributed by atoms with E-state index in [0.29, 0.717) is 31.1 Å². The number of hydrogen-bond donors (Lipinski definition) is 1. The average molecular weight is 368 g/mol. The molecule has 134 valence electrons. The second kappa shape index (κ2) is 7.94. The van der Waals surface area contributed by atoms with Gasteiger partial charge >= 0.3 is 6.18 Å². The summed E-state index contributed by atoms with van der Waals surface area (Å²) in [6, 6.07) is 2.31. The number of nitrogens with one attached hydrogen (secondary N) is 1.